The largest absolute Gasteiger partial charge is 0.380 e. The molecule has 0 bridgehead atoms. The van der Waals surface area contributed by atoms with E-state index in [0.29, 0.717) is 0 Å². The van der Waals surface area contributed by atoms with Gasteiger partial charge in [-0.15, -0.1) is 0 Å². The number of hydrogen-bond donors (Lipinski definition) is 1. The quantitative estimate of drug-likeness (QED) is 0.719. The van der Waals surface area contributed by atoms with E-state index in [1.165, 1.54) is 12.8 Å². The molecule has 0 aromatic carbocycles. The van der Waals surface area contributed by atoms with Gasteiger partial charge in [0, 0.05) is 20.2 Å². The van der Waals surface area contributed by atoms with Gasteiger partial charge in [0.2, 0.25) is 5.91 Å². The number of hydrogen-bond acceptors (Lipinski definition) is 3. The Morgan fingerprint density at radius 3 is 2.87 bits per heavy atom. The fourth-order valence-electron chi connectivity index (χ4n) is 2.40. The molecule has 0 spiro atoms. The van der Waals surface area contributed by atoms with E-state index in [0.717, 1.165) is 32.5 Å². The van der Waals surface area contributed by atoms with Crippen LogP contribution in [-0.2, 0) is 9.53 Å². The van der Waals surface area contributed by atoms with Gasteiger partial charge < -0.3 is 15.0 Å². The number of methoxy groups -OCH3 is 1. The van der Waals surface area contributed by atoms with Crippen LogP contribution in [0.15, 0.2) is 0 Å². The van der Waals surface area contributed by atoms with Gasteiger partial charge in [-0.2, -0.15) is 0 Å². The first-order chi connectivity index (χ1) is 7.31. The Morgan fingerprint density at radius 2 is 2.27 bits per heavy atom. The van der Waals surface area contributed by atoms with E-state index in [1.54, 1.807) is 7.11 Å². The van der Waals surface area contributed by atoms with Crippen LogP contribution in [0, 0.1) is 0 Å². The molecule has 2 heterocycles. The monoisotopic (exact) mass is 212 g/mol. The lowest BCUT2D eigenvalue weighted by Gasteiger charge is -2.27. The summed E-state index contributed by atoms with van der Waals surface area (Å²) in [5.74, 6) is 0.272. The van der Waals surface area contributed by atoms with Crippen LogP contribution >= 0.6 is 0 Å². The number of nitrogens with zero attached hydrogens (tertiary/aromatic N) is 1. The zero-order chi connectivity index (χ0) is 10.7. The molecule has 0 aromatic heterocycles. The second-order valence-electron chi connectivity index (χ2n) is 4.43. The van der Waals surface area contributed by atoms with Crippen LogP contribution in [0.25, 0.3) is 0 Å². The van der Waals surface area contributed by atoms with Gasteiger partial charge in [-0.05, 0) is 25.8 Å². The summed E-state index contributed by atoms with van der Waals surface area (Å²) in [6.07, 6.45) is 4.59. The third kappa shape index (κ3) is 2.49. The Morgan fingerprint density at radius 1 is 1.40 bits per heavy atom. The molecule has 0 aromatic rings. The van der Waals surface area contributed by atoms with Gasteiger partial charge in [0.15, 0.2) is 0 Å². The molecule has 2 aliphatic heterocycles. The molecule has 1 N–H and O–H groups in total. The maximum Gasteiger partial charge on any atom is 0.239 e. The lowest BCUT2D eigenvalue weighted by molar-refractivity contribution is -0.133. The molecule has 2 rings (SSSR count). The Bertz CT molecular complexity index is 227. The van der Waals surface area contributed by atoms with Crippen molar-refractivity contribution in [1.29, 1.82) is 0 Å². The van der Waals surface area contributed by atoms with Crippen LogP contribution in [0.3, 0.4) is 0 Å². The van der Waals surface area contributed by atoms with Crippen LogP contribution in [0.2, 0.25) is 0 Å². The molecule has 2 saturated heterocycles. The SMILES string of the molecule is CO[C@@H]1CCN(C(=O)C2CCCCN2)C1. The Labute approximate surface area is 91.0 Å². The number of piperidine rings is 1. The van der Waals surface area contributed by atoms with Crippen molar-refractivity contribution in [3.05, 3.63) is 0 Å². The summed E-state index contributed by atoms with van der Waals surface area (Å²) in [6, 6.07) is 0.0642. The molecule has 86 valence electrons. The highest BCUT2D eigenvalue weighted by atomic mass is 16.5. The van der Waals surface area contributed by atoms with Crippen LogP contribution in [0.4, 0.5) is 0 Å². The minimum absolute atomic E-state index is 0.0642. The summed E-state index contributed by atoms with van der Waals surface area (Å²) in [5.41, 5.74) is 0. The van der Waals surface area contributed by atoms with Crippen LogP contribution in [0.5, 0.6) is 0 Å². The van der Waals surface area contributed by atoms with Crippen molar-refractivity contribution in [2.45, 2.75) is 37.8 Å². The summed E-state index contributed by atoms with van der Waals surface area (Å²) in [7, 11) is 1.72. The highest BCUT2D eigenvalue weighted by Gasteiger charge is 2.31. The summed E-state index contributed by atoms with van der Waals surface area (Å²) in [6.45, 7) is 2.61. The van der Waals surface area contributed by atoms with Crippen molar-refractivity contribution in [1.82, 2.24) is 10.2 Å². The number of amides is 1. The van der Waals surface area contributed by atoms with E-state index < -0.39 is 0 Å². The van der Waals surface area contributed by atoms with Gasteiger partial charge in [0.05, 0.1) is 12.1 Å². The molecule has 2 fully saturated rings. The number of carbonyl (C=O) groups is 1. The smallest absolute Gasteiger partial charge is 0.239 e. The van der Waals surface area contributed by atoms with Gasteiger partial charge >= 0.3 is 0 Å². The highest BCUT2D eigenvalue weighted by molar-refractivity contribution is 5.82. The van der Waals surface area contributed by atoms with E-state index in [2.05, 4.69) is 5.32 Å². The van der Waals surface area contributed by atoms with E-state index in [-0.39, 0.29) is 18.1 Å². The minimum atomic E-state index is 0.0642. The van der Waals surface area contributed by atoms with Crippen molar-refractivity contribution in [2.24, 2.45) is 0 Å². The molecule has 2 aliphatic rings. The molecule has 0 saturated carbocycles. The first kappa shape index (κ1) is 10.9. The Kier molecular flexibility index (Phi) is 3.59. The molecule has 1 amide bonds. The standard InChI is InChI=1S/C11H20N2O2/c1-15-9-5-7-13(8-9)11(14)10-4-2-3-6-12-10/h9-10,12H,2-8H2,1H3/t9-,10?/m1/s1. The fourth-order valence-corrected chi connectivity index (χ4v) is 2.40. The molecular formula is C11H20N2O2. The van der Waals surface area contributed by atoms with Crippen molar-refractivity contribution in [3.63, 3.8) is 0 Å². The third-order valence-corrected chi connectivity index (χ3v) is 3.40. The Hall–Kier alpha value is -0.610. The Balaban J connectivity index is 1.85. The van der Waals surface area contributed by atoms with Gasteiger partial charge in [0.1, 0.15) is 0 Å². The zero-order valence-corrected chi connectivity index (χ0v) is 9.37. The molecule has 4 nitrogen and oxygen atoms in total. The lowest BCUT2D eigenvalue weighted by Crippen LogP contribution is -2.48. The maximum absolute atomic E-state index is 12.1. The second kappa shape index (κ2) is 4.94. The summed E-state index contributed by atoms with van der Waals surface area (Å²) >= 11 is 0. The van der Waals surface area contributed by atoms with Crippen molar-refractivity contribution >= 4 is 5.91 Å². The van der Waals surface area contributed by atoms with Crippen LogP contribution in [-0.4, -0.2) is 49.7 Å². The number of carbonyl (C=O) groups excluding carboxylic acids is 1. The minimum Gasteiger partial charge on any atom is -0.380 e. The first-order valence-electron chi connectivity index (χ1n) is 5.86. The van der Waals surface area contributed by atoms with Crippen molar-refractivity contribution < 1.29 is 9.53 Å². The molecule has 0 aliphatic carbocycles. The summed E-state index contributed by atoms with van der Waals surface area (Å²) in [4.78, 5) is 14.0. The molecule has 1 unspecified atom stereocenters. The summed E-state index contributed by atoms with van der Waals surface area (Å²) < 4.78 is 5.26. The molecule has 15 heavy (non-hydrogen) atoms. The number of likely N-dealkylation sites (tertiary alicyclic amines) is 1. The van der Waals surface area contributed by atoms with Gasteiger partial charge in [0.25, 0.3) is 0 Å². The third-order valence-electron chi connectivity index (χ3n) is 3.40. The lowest BCUT2D eigenvalue weighted by atomic mass is 10.0. The fraction of sp³-hybridized carbons (Fsp3) is 0.909. The van der Waals surface area contributed by atoms with Crippen LogP contribution < -0.4 is 5.32 Å². The van der Waals surface area contributed by atoms with E-state index in [4.69, 9.17) is 4.74 Å². The summed E-state index contributed by atoms with van der Waals surface area (Å²) in [5, 5.41) is 3.30. The van der Waals surface area contributed by atoms with E-state index in [9.17, 15) is 4.79 Å². The van der Waals surface area contributed by atoms with Crippen molar-refractivity contribution in [3.8, 4) is 0 Å². The number of ether oxygens (including phenoxy) is 1. The van der Waals surface area contributed by atoms with E-state index >= 15 is 0 Å². The molecular weight excluding hydrogens is 192 g/mol. The first-order valence-corrected chi connectivity index (χ1v) is 5.86. The highest BCUT2D eigenvalue weighted by Crippen LogP contribution is 2.16. The molecule has 2 atom stereocenters. The number of nitrogens with one attached hydrogen (secondary N) is 1. The van der Waals surface area contributed by atoms with Crippen LogP contribution in [0.1, 0.15) is 25.7 Å². The van der Waals surface area contributed by atoms with Gasteiger partial charge in [-0.3, -0.25) is 4.79 Å². The zero-order valence-electron chi connectivity index (χ0n) is 9.37. The second-order valence-corrected chi connectivity index (χ2v) is 4.43. The maximum atomic E-state index is 12.1. The average molecular weight is 212 g/mol. The average Bonchev–Trinajstić information content (AvgIpc) is 2.78. The van der Waals surface area contributed by atoms with Gasteiger partial charge in [-0.1, -0.05) is 6.42 Å². The normalized spacial score (nSPS) is 31.9. The predicted octanol–water partition coefficient (Wildman–Crippen LogP) is 0.376. The predicted molar refractivity (Wildman–Crippen MR) is 57.6 cm³/mol. The topological polar surface area (TPSA) is 41.6 Å². The number of rotatable bonds is 2. The van der Waals surface area contributed by atoms with Gasteiger partial charge in [-0.25, -0.2) is 0 Å². The molecule has 4 heteroatoms. The van der Waals surface area contributed by atoms with Crippen molar-refractivity contribution in [2.75, 3.05) is 26.7 Å². The molecule has 0 radical (unpaired) electrons. The van der Waals surface area contributed by atoms with E-state index in [1.807, 2.05) is 4.90 Å².